The molecule has 0 amide bonds. The molecule has 0 heterocycles. The monoisotopic (exact) mass is 294 g/mol. The Bertz CT molecular complexity index is 218. The van der Waals surface area contributed by atoms with E-state index in [1.165, 1.54) is 7.11 Å². The maximum absolute atomic E-state index is 11.0. The van der Waals surface area contributed by atoms with E-state index >= 15 is 0 Å². The lowest BCUT2D eigenvalue weighted by atomic mass is 10.1. The second-order valence-electron chi connectivity index (χ2n) is 3.69. The van der Waals surface area contributed by atoms with E-state index in [1.807, 2.05) is 0 Å². The lowest BCUT2D eigenvalue weighted by molar-refractivity contribution is -0.140. The molecule has 4 nitrogen and oxygen atoms in total. The summed E-state index contributed by atoms with van der Waals surface area (Å²) < 4.78 is 4.58. The van der Waals surface area contributed by atoms with Gasteiger partial charge in [-0.25, -0.2) is 0 Å². The third-order valence-electron chi connectivity index (χ3n) is 2.31. The Balaban J connectivity index is 3.27. The first-order valence-electron chi connectivity index (χ1n) is 5.51. The van der Waals surface area contributed by atoms with Crippen molar-refractivity contribution in [2.75, 3.05) is 7.11 Å². The summed E-state index contributed by atoms with van der Waals surface area (Å²) in [5, 5.41) is 8.42. The molecule has 0 aliphatic rings. The molecular weight excluding hydrogens is 276 g/mol. The summed E-state index contributed by atoms with van der Waals surface area (Å²) >= 11 is 3.25. The molecule has 0 saturated carbocycles. The molecular formula is C11H19BrO4. The molecule has 1 atom stereocenters. The minimum Gasteiger partial charge on any atom is -0.481 e. The number of hydrogen-bond acceptors (Lipinski definition) is 3. The van der Waals surface area contributed by atoms with Crippen molar-refractivity contribution in [3.63, 3.8) is 0 Å². The maximum atomic E-state index is 11.0. The number of carbonyl (C=O) groups is 2. The van der Waals surface area contributed by atoms with E-state index in [9.17, 15) is 9.59 Å². The van der Waals surface area contributed by atoms with E-state index in [-0.39, 0.29) is 17.2 Å². The van der Waals surface area contributed by atoms with E-state index < -0.39 is 5.97 Å². The zero-order chi connectivity index (χ0) is 12.4. The Morgan fingerprint density at radius 3 is 2.31 bits per heavy atom. The highest BCUT2D eigenvalue weighted by Gasteiger charge is 2.13. The van der Waals surface area contributed by atoms with Crippen molar-refractivity contribution in [1.82, 2.24) is 0 Å². The number of aliphatic carboxylic acids is 1. The van der Waals surface area contributed by atoms with Gasteiger partial charge in [0, 0.05) is 6.42 Å². The largest absolute Gasteiger partial charge is 0.481 e. The fourth-order valence-electron chi connectivity index (χ4n) is 1.38. The molecule has 0 bridgehead atoms. The molecule has 0 radical (unpaired) electrons. The van der Waals surface area contributed by atoms with Crippen LogP contribution in [0.5, 0.6) is 0 Å². The van der Waals surface area contributed by atoms with Gasteiger partial charge in [0.25, 0.3) is 0 Å². The van der Waals surface area contributed by atoms with Gasteiger partial charge in [-0.3, -0.25) is 9.59 Å². The minimum absolute atomic E-state index is 0.212. The summed E-state index contributed by atoms with van der Waals surface area (Å²) in [5.41, 5.74) is 0. The van der Waals surface area contributed by atoms with Gasteiger partial charge >= 0.3 is 11.9 Å². The zero-order valence-corrected chi connectivity index (χ0v) is 11.2. The Labute approximate surface area is 104 Å². The van der Waals surface area contributed by atoms with Crippen molar-refractivity contribution in [3.05, 3.63) is 0 Å². The van der Waals surface area contributed by atoms with Crippen LogP contribution in [0.1, 0.15) is 44.9 Å². The Morgan fingerprint density at radius 2 is 1.75 bits per heavy atom. The normalized spacial score (nSPS) is 12.1. The van der Waals surface area contributed by atoms with E-state index in [2.05, 4.69) is 20.7 Å². The highest BCUT2D eigenvalue weighted by molar-refractivity contribution is 9.10. The number of rotatable bonds is 9. The predicted molar refractivity (Wildman–Crippen MR) is 64.7 cm³/mol. The van der Waals surface area contributed by atoms with Crippen LogP contribution in [0.3, 0.4) is 0 Å². The Kier molecular flexibility index (Phi) is 9.28. The topological polar surface area (TPSA) is 63.6 Å². The van der Waals surface area contributed by atoms with Crippen LogP contribution in [-0.2, 0) is 14.3 Å². The van der Waals surface area contributed by atoms with Crippen molar-refractivity contribution in [1.29, 1.82) is 0 Å². The van der Waals surface area contributed by atoms with E-state index in [4.69, 9.17) is 5.11 Å². The third-order valence-corrected chi connectivity index (χ3v) is 3.14. The second kappa shape index (κ2) is 9.63. The molecule has 0 aromatic rings. The lowest BCUT2D eigenvalue weighted by Gasteiger charge is -2.06. The molecule has 16 heavy (non-hydrogen) atoms. The summed E-state index contributed by atoms with van der Waals surface area (Å²) in [6, 6.07) is 0. The van der Waals surface area contributed by atoms with Crippen LogP contribution in [0.4, 0.5) is 0 Å². The maximum Gasteiger partial charge on any atom is 0.319 e. The average Bonchev–Trinajstić information content (AvgIpc) is 2.25. The summed E-state index contributed by atoms with van der Waals surface area (Å²) in [7, 11) is 1.38. The van der Waals surface area contributed by atoms with Gasteiger partial charge in [0.15, 0.2) is 0 Å². The van der Waals surface area contributed by atoms with Crippen molar-refractivity contribution in [2.45, 2.75) is 49.8 Å². The number of carboxylic acid groups (broad SMARTS) is 1. The van der Waals surface area contributed by atoms with Gasteiger partial charge in [-0.15, -0.1) is 0 Å². The first-order chi connectivity index (χ1) is 7.57. The number of carbonyl (C=O) groups excluding carboxylic acids is 1. The van der Waals surface area contributed by atoms with Gasteiger partial charge in [-0.2, -0.15) is 0 Å². The number of hydrogen-bond donors (Lipinski definition) is 1. The molecule has 5 heteroatoms. The number of esters is 1. The first kappa shape index (κ1) is 15.4. The van der Waals surface area contributed by atoms with Crippen LogP contribution in [0.15, 0.2) is 0 Å². The number of halogens is 1. The molecule has 1 unspecified atom stereocenters. The molecule has 0 rings (SSSR count). The fraction of sp³-hybridized carbons (Fsp3) is 0.818. The van der Waals surface area contributed by atoms with Crippen LogP contribution in [0.2, 0.25) is 0 Å². The van der Waals surface area contributed by atoms with Gasteiger partial charge in [-0.1, -0.05) is 41.6 Å². The highest BCUT2D eigenvalue weighted by atomic mass is 79.9. The van der Waals surface area contributed by atoms with Gasteiger partial charge in [0.2, 0.25) is 0 Å². The van der Waals surface area contributed by atoms with Crippen LogP contribution < -0.4 is 0 Å². The predicted octanol–water partition coefficient (Wildman–Crippen LogP) is 2.74. The molecule has 94 valence electrons. The quantitative estimate of drug-likeness (QED) is 0.403. The smallest absolute Gasteiger partial charge is 0.319 e. The minimum atomic E-state index is -0.730. The van der Waals surface area contributed by atoms with Crippen molar-refractivity contribution in [3.8, 4) is 0 Å². The molecule has 0 saturated heterocycles. The van der Waals surface area contributed by atoms with Crippen molar-refractivity contribution >= 4 is 27.9 Å². The molecule has 0 fully saturated rings. The fourth-order valence-corrected chi connectivity index (χ4v) is 1.89. The number of alkyl halides is 1. The van der Waals surface area contributed by atoms with Gasteiger partial charge < -0.3 is 9.84 Å². The molecule has 0 aromatic heterocycles. The standard InChI is InChI=1S/C11H19BrO4/c1-16-11(15)9(12)7-5-3-2-4-6-8-10(13)14/h9H,2-8H2,1H3,(H,13,14). The van der Waals surface area contributed by atoms with Crippen molar-refractivity contribution in [2.24, 2.45) is 0 Å². The first-order valence-corrected chi connectivity index (χ1v) is 6.43. The van der Waals surface area contributed by atoms with Gasteiger partial charge in [0.05, 0.1) is 7.11 Å². The van der Waals surface area contributed by atoms with Crippen LogP contribution in [-0.4, -0.2) is 29.0 Å². The van der Waals surface area contributed by atoms with E-state index in [0.29, 0.717) is 0 Å². The highest BCUT2D eigenvalue weighted by Crippen LogP contribution is 2.14. The second-order valence-corrected chi connectivity index (χ2v) is 4.80. The Hall–Kier alpha value is -0.580. The molecule has 1 N–H and O–H groups in total. The number of carboxylic acids is 1. The Morgan fingerprint density at radius 1 is 1.19 bits per heavy atom. The average molecular weight is 295 g/mol. The summed E-state index contributed by atoms with van der Waals surface area (Å²) in [4.78, 5) is 21.0. The van der Waals surface area contributed by atoms with Crippen LogP contribution >= 0.6 is 15.9 Å². The summed E-state index contributed by atoms with van der Waals surface area (Å²) in [5.74, 6) is -0.961. The lowest BCUT2D eigenvalue weighted by Crippen LogP contribution is -2.15. The number of unbranched alkanes of at least 4 members (excludes halogenated alkanes) is 4. The van der Waals surface area contributed by atoms with E-state index in [0.717, 1.165) is 38.5 Å². The third kappa shape index (κ3) is 8.71. The van der Waals surface area contributed by atoms with Crippen LogP contribution in [0, 0.1) is 0 Å². The zero-order valence-electron chi connectivity index (χ0n) is 9.58. The molecule has 0 aliphatic carbocycles. The van der Waals surface area contributed by atoms with Crippen molar-refractivity contribution < 1.29 is 19.4 Å². The van der Waals surface area contributed by atoms with Gasteiger partial charge in [-0.05, 0) is 12.8 Å². The number of ether oxygens (including phenoxy) is 1. The van der Waals surface area contributed by atoms with Gasteiger partial charge in [0.1, 0.15) is 4.83 Å². The van der Waals surface area contributed by atoms with Crippen LogP contribution in [0.25, 0.3) is 0 Å². The van der Waals surface area contributed by atoms with E-state index in [1.54, 1.807) is 0 Å². The summed E-state index contributed by atoms with van der Waals surface area (Å²) in [6.45, 7) is 0. The molecule has 0 aromatic carbocycles. The SMILES string of the molecule is COC(=O)C(Br)CCCCCCCC(=O)O. The molecule has 0 aliphatic heterocycles. The summed E-state index contributed by atoms with van der Waals surface area (Å²) in [6.07, 6.45) is 5.71. The molecule has 0 spiro atoms. The number of methoxy groups -OCH3 is 1.